The number of carbonyl (C=O) groups is 1. The zero-order chi connectivity index (χ0) is 59.7. The van der Waals surface area contributed by atoms with E-state index in [-0.39, 0.29) is 18.9 Å². The van der Waals surface area contributed by atoms with Gasteiger partial charge in [-0.05, 0) is 51.4 Å². The second-order valence-electron chi connectivity index (χ2n) is 22.8. The number of unbranched alkanes of at least 4 members (excludes halogenated alkanes) is 23. The number of amides is 1. The van der Waals surface area contributed by atoms with Crippen molar-refractivity contribution in [3.05, 3.63) is 48.6 Å². The van der Waals surface area contributed by atoms with Crippen molar-refractivity contribution < 1.29 is 89.4 Å². The van der Waals surface area contributed by atoms with Gasteiger partial charge in [0.1, 0.15) is 73.2 Å². The van der Waals surface area contributed by atoms with E-state index in [0.29, 0.717) is 12.8 Å². The van der Waals surface area contributed by atoms with E-state index in [0.717, 1.165) is 77.0 Å². The Morgan fingerprint density at radius 3 is 1.32 bits per heavy atom. The number of ether oxygens (including phenoxy) is 6. The van der Waals surface area contributed by atoms with Crippen molar-refractivity contribution in [2.24, 2.45) is 0 Å². The maximum atomic E-state index is 13.4. The van der Waals surface area contributed by atoms with Gasteiger partial charge in [0.2, 0.25) is 5.91 Å². The Balaban J connectivity index is 1.45. The van der Waals surface area contributed by atoms with Crippen LogP contribution in [-0.2, 0) is 33.2 Å². The molecule has 17 unspecified atom stereocenters. The molecule has 0 radical (unpaired) electrons. The molecule has 0 spiro atoms. The first-order valence-electron chi connectivity index (χ1n) is 31.9. The van der Waals surface area contributed by atoms with Crippen LogP contribution in [-0.4, -0.2) is 193 Å². The lowest BCUT2D eigenvalue weighted by Crippen LogP contribution is -2.66. The van der Waals surface area contributed by atoms with Gasteiger partial charge in [-0.1, -0.05) is 204 Å². The fourth-order valence-corrected chi connectivity index (χ4v) is 10.7. The molecule has 3 heterocycles. The molecule has 3 aliphatic heterocycles. The summed E-state index contributed by atoms with van der Waals surface area (Å²) in [4.78, 5) is 13.4. The van der Waals surface area contributed by atoms with Crippen LogP contribution in [0.4, 0.5) is 0 Å². The summed E-state index contributed by atoms with van der Waals surface area (Å²) in [5.41, 5.74) is 0. The summed E-state index contributed by atoms with van der Waals surface area (Å²) in [6, 6.07) is -0.890. The number of aliphatic hydroxyl groups excluding tert-OH is 11. The van der Waals surface area contributed by atoms with Crippen LogP contribution in [0.15, 0.2) is 48.6 Å². The van der Waals surface area contributed by atoms with Crippen molar-refractivity contribution in [1.29, 1.82) is 0 Å². The second kappa shape index (κ2) is 46.0. The molecule has 17 atom stereocenters. The molecule has 3 rings (SSSR count). The molecule has 3 fully saturated rings. The van der Waals surface area contributed by atoms with E-state index in [2.05, 4.69) is 67.8 Å². The minimum absolute atomic E-state index is 0.249. The zero-order valence-corrected chi connectivity index (χ0v) is 50.0. The van der Waals surface area contributed by atoms with E-state index in [4.69, 9.17) is 28.4 Å². The quantitative estimate of drug-likeness (QED) is 0.0224. The molecule has 82 heavy (non-hydrogen) atoms. The summed E-state index contributed by atoms with van der Waals surface area (Å²) in [7, 11) is 0. The van der Waals surface area contributed by atoms with Gasteiger partial charge in [0.25, 0.3) is 0 Å². The van der Waals surface area contributed by atoms with Crippen LogP contribution in [0.2, 0.25) is 0 Å². The first-order chi connectivity index (χ1) is 39.8. The van der Waals surface area contributed by atoms with Gasteiger partial charge in [0.05, 0.1) is 38.6 Å². The summed E-state index contributed by atoms with van der Waals surface area (Å²) in [5.74, 6) is -0.249. The van der Waals surface area contributed by atoms with Gasteiger partial charge >= 0.3 is 0 Å². The monoisotopic (exact) mass is 1170 g/mol. The predicted molar refractivity (Wildman–Crippen MR) is 314 cm³/mol. The van der Waals surface area contributed by atoms with E-state index in [1.807, 2.05) is 0 Å². The highest BCUT2D eigenvalue weighted by atomic mass is 16.8. The van der Waals surface area contributed by atoms with Crippen LogP contribution < -0.4 is 5.32 Å². The molecule has 0 bridgehead atoms. The van der Waals surface area contributed by atoms with E-state index >= 15 is 0 Å². The van der Waals surface area contributed by atoms with Gasteiger partial charge in [-0.3, -0.25) is 4.79 Å². The third kappa shape index (κ3) is 29.0. The van der Waals surface area contributed by atoms with Crippen molar-refractivity contribution in [2.45, 2.75) is 317 Å². The van der Waals surface area contributed by atoms with Crippen LogP contribution in [0.3, 0.4) is 0 Å². The molecular formula is C63H113NO18. The highest BCUT2D eigenvalue weighted by molar-refractivity contribution is 5.76. The van der Waals surface area contributed by atoms with Gasteiger partial charge in [0, 0.05) is 6.42 Å². The first kappa shape index (κ1) is 74.0. The van der Waals surface area contributed by atoms with Gasteiger partial charge in [-0.15, -0.1) is 0 Å². The Bertz CT molecular complexity index is 1680. The maximum absolute atomic E-state index is 13.4. The van der Waals surface area contributed by atoms with E-state index in [9.17, 15) is 61.0 Å². The molecule has 0 aromatic carbocycles. The van der Waals surface area contributed by atoms with Crippen LogP contribution in [0.5, 0.6) is 0 Å². The van der Waals surface area contributed by atoms with Crippen LogP contribution in [0.1, 0.15) is 213 Å². The molecule has 0 aliphatic carbocycles. The molecule has 478 valence electrons. The maximum Gasteiger partial charge on any atom is 0.220 e. The lowest BCUT2D eigenvalue weighted by Gasteiger charge is -2.48. The molecule has 0 aromatic heterocycles. The standard InChI is InChI=1S/C63H113NO18/c1-3-5-7-9-11-13-15-17-19-20-21-22-23-24-25-26-27-29-31-33-35-37-39-41-51(69)64-46(47(68)40-38-36-34-32-30-28-18-16-14-12-10-8-6-4-2)45-77-61-57(75)54(72)59(49(43-66)79-61)82-63-58(76)55(73)60(50(44-67)80-63)81-62-56(74)53(71)52(70)48(42-65)78-62/h5,7,11,13,17,19,21-22,46-50,52-63,65-68,70-76H,3-4,6,8-10,12,14-16,18,20,23-45H2,1-2H3,(H,64,69)/b7-5-,13-11-,19-17-,22-21-. The molecule has 3 saturated heterocycles. The van der Waals surface area contributed by atoms with Gasteiger partial charge in [-0.2, -0.15) is 0 Å². The molecular weight excluding hydrogens is 1060 g/mol. The lowest BCUT2D eigenvalue weighted by molar-refractivity contribution is -0.379. The predicted octanol–water partition coefficient (Wildman–Crippen LogP) is 6.65. The van der Waals surface area contributed by atoms with Crippen molar-refractivity contribution in [1.82, 2.24) is 5.32 Å². The molecule has 3 aliphatic rings. The molecule has 19 heteroatoms. The summed E-state index contributed by atoms with van der Waals surface area (Å²) in [6.07, 6.45) is 24.7. The molecule has 19 nitrogen and oxygen atoms in total. The van der Waals surface area contributed by atoms with Crippen LogP contribution in [0, 0.1) is 0 Å². The number of carbonyl (C=O) groups excluding carboxylic acids is 1. The zero-order valence-electron chi connectivity index (χ0n) is 50.0. The smallest absolute Gasteiger partial charge is 0.220 e. The third-order valence-corrected chi connectivity index (χ3v) is 15.9. The van der Waals surface area contributed by atoms with Gasteiger partial charge in [0.15, 0.2) is 18.9 Å². The number of nitrogens with one attached hydrogen (secondary N) is 1. The molecule has 1 amide bonds. The Kier molecular flexibility index (Phi) is 41.5. The summed E-state index contributed by atoms with van der Waals surface area (Å²) in [6.45, 7) is 1.67. The molecule has 12 N–H and O–H groups in total. The Morgan fingerprint density at radius 1 is 0.451 bits per heavy atom. The number of hydrogen-bond acceptors (Lipinski definition) is 18. The third-order valence-electron chi connectivity index (χ3n) is 15.9. The minimum atomic E-state index is -1.97. The summed E-state index contributed by atoms with van der Waals surface area (Å²) < 4.78 is 34.3. The van der Waals surface area contributed by atoms with E-state index in [1.54, 1.807) is 0 Å². The van der Waals surface area contributed by atoms with Crippen molar-refractivity contribution >= 4 is 5.91 Å². The molecule has 0 aromatic rings. The fraction of sp³-hybridized carbons (Fsp3) is 0.857. The number of allylic oxidation sites excluding steroid dienone is 8. The summed E-state index contributed by atoms with van der Waals surface area (Å²) >= 11 is 0. The Hall–Kier alpha value is -2.25. The SMILES string of the molecule is CC/C=C\C/C=C\C/C=C\C/C=C\CCCCCCCCCCCCC(=O)NC(COC1OC(CO)C(OC2OC(CO)C(OC3OC(CO)C(O)C(O)C3O)C(O)C2O)C(O)C1O)C(O)CCCCCCCCCCCCCCCC. The van der Waals surface area contributed by atoms with Gasteiger partial charge in [-0.25, -0.2) is 0 Å². The largest absolute Gasteiger partial charge is 0.394 e. The van der Waals surface area contributed by atoms with E-state index < -0.39 is 124 Å². The van der Waals surface area contributed by atoms with E-state index in [1.165, 1.54) is 103 Å². The topological polar surface area (TPSA) is 307 Å². The van der Waals surface area contributed by atoms with Crippen molar-refractivity contribution in [3.8, 4) is 0 Å². The Labute approximate surface area is 491 Å². The van der Waals surface area contributed by atoms with Gasteiger partial charge < -0.3 is 89.9 Å². The number of aliphatic hydroxyl groups is 11. The first-order valence-corrected chi connectivity index (χ1v) is 31.9. The average molecular weight is 1170 g/mol. The molecule has 0 saturated carbocycles. The highest BCUT2D eigenvalue weighted by Gasteiger charge is 2.53. The average Bonchev–Trinajstić information content (AvgIpc) is 3.14. The lowest BCUT2D eigenvalue weighted by atomic mass is 9.96. The van der Waals surface area contributed by atoms with Crippen molar-refractivity contribution in [3.63, 3.8) is 0 Å². The normalized spacial score (nSPS) is 29.9. The second-order valence-corrected chi connectivity index (χ2v) is 22.8. The highest BCUT2D eigenvalue weighted by Crippen LogP contribution is 2.33. The Morgan fingerprint density at radius 2 is 0.841 bits per heavy atom. The minimum Gasteiger partial charge on any atom is -0.394 e. The van der Waals surface area contributed by atoms with Crippen LogP contribution >= 0.6 is 0 Å². The number of rotatable bonds is 47. The fourth-order valence-electron chi connectivity index (χ4n) is 10.7. The number of hydrogen-bond donors (Lipinski definition) is 12. The van der Waals surface area contributed by atoms with Crippen molar-refractivity contribution in [2.75, 3.05) is 26.4 Å². The van der Waals surface area contributed by atoms with Crippen LogP contribution in [0.25, 0.3) is 0 Å². The summed E-state index contributed by atoms with van der Waals surface area (Å²) in [5, 5.41) is 120.